The van der Waals surface area contributed by atoms with E-state index in [4.69, 9.17) is 15.9 Å². The van der Waals surface area contributed by atoms with Crippen LogP contribution >= 0.6 is 0 Å². The van der Waals surface area contributed by atoms with Gasteiger partial charge in [-0.2, -0.15) is 0 Å². The van der Waals surface area contributed by atoms with Gasteiger partial charge in [0, 0.05) is 31.2 Å². The van der Waals surface area contributed by atoms with Gasteiger partial charge in [0.05, 0.1) is 12.4 Å². The van der Waals surface area contributed by atoms with Gasteiger partial charge in [-0.15, -0.1) is 0 Å². The van der Waals surface area contributed by atoms with Crippen molar-refractivity contribution in [3.63, 3.8) is 0 Å². The van der Waals surface area contributed by atoms with E-state index in [1.165, 1.54) is 12.5 Å². The summed E-state index contributed by atoms with van der Waals surface area (Å²) < 4.78 is 0. The fraction of sp³-hybridized carbons (Fsp3) is 0.571. The first-order chi connectivity index (χ1) is 16.8. The molecule has 0 aliphatic carbocycles. The van der Waals surface area contributed by atoms with Gasteiger partial charge in [0.1, 0.15) is 18.1 Å². The van der Waals surface area contributed by atoms with E-state index in [9.17, 15) is 33.9 Å². The Hall–Kier alpha value is -4.01. The molecule has 1 aromatic heterocycles. The first-order valence-corrected chi connectivity index (χ1v) is 11.1. The molecule has 15 nitrogen and oxygen atoms in total. The summed E-state index contributed by atoms with van der Waals surface area (Å²) in [5.41, 5.74) is 6.12. The summed E-state index contributed by atoms with van der Waals surface area (Å²) in [5.74, 6) is -6.78. The van der Waals surface area contributed by atoms with Gasteiger partial charge in [0.15, 0.2) is 0 Å². The van der Waals surface area contributed by atoms with Gasteiger partial charge in [0.25, 0.3) is 0 Å². The minimum atomic E-state index is -1.39. The number of carbonyl (C=O) groups is 6. The molecule has 0 aliphatic rings. The number of carboxylic acids is 3. The lowest BCUT2D eigenvalue weighted by atomic mass is 10.0. The molecule has 200 valence electrons. The number of aromatic amines is 1. The SMILES string of the molecule is CC(C)C(NC(=O)C(CCC(=O)O)NC(=O)C(N)CCC(=O)O)C(=O)NC(Cc1cnc[nH]1)C(=O)O. The Labute approximate surface area is 206 Å². The first-order valence-electron chi connectivity index (χ1n) is 11.1. The lowest BCUT2D eigenvalue weighted by molar-refractivity contribution is -0.142. The van der Waals surface area contributed by atoms with Crippen molar-refractivity contribution in [2.24, 2.45) is 11.7 Å². The van der Waals surface area contributed by atoms with E-state index >= 15 is 0 Å². The molecule has 0 bridgehead atoms. The Balaban J connectivity index is 2.94. The van der Waals surface area contributed by atoms with E-state index in [-0.39, 0.29) is 25.7 Å². The number of H-pyrrole nitrogens is 1. The van der Waals surface area contributed by atoms with E-state index in [0.29, 0.717) is 5.69 Å². The Bertz CT molecular complexity index is 934. The Morgan fingerprint density at radius 2 is 1.47 bits per heavy atom. The molecule has 15 heteroatoms. The number of nitrogens with zero attached hydrogens (tertiary/aromatic N) is 1. The van der Waals surface area contributed by atoms with E-state index in [1.807, 2.05) is 0 Å². The van der Waals surface area contributed by atoms with E-state index < -0.39 is 72.1 Å². The maximum atomic E-state index is 12.9. The molecule has 4 unspecified atom stereocenters. The minimum absolute atomic E-state index is 0.0919. The summed E-state index contributed by atoms with van der Waals surface area (Å²) in [6.07, 6.45) is 1.24. The number of hydrogen-bond donors (Lipinski definition) is 8. The average molecular weight is 513 g/mol. The molecule has 0 saturated carbocycles. The van der Waals surface area contributed by atoms with Crippen molar-refractivity contribution in [3.05, 3.63) is 18.2 Å². The molecule has 0 aliphatic heterocycles. The number of aromatic nitrogens is 2. The Kier molecular flexibility index (Phi) is 12.0. The predicted molar refractivity (Wildman–Crippen MR) is 122 cm³/mol. The van der Waals surface area contributed by atoms with Gasteiger partial charge in [-0.05, 0) is 18.8 Å². The van der Waals surface area contributed by atoms with Crippen molar-refractivity contribution in [3.8, 4) is 0 Å². The average Bonchev–Trinajstić information content (AvgIpc) is 3.30. The van der Waals surface area contributed by atoms with E-state index in [1.54, 1.807) is 13.8 Å². The zero-order valence-corrected chi connectivity index (χ0v) is 19.9. The molecule has 1 heterocycles. The summed E-state index contributed by atoms with van der Waals surface area (Å²) in [7, 11) is 0. The van der Waals surface area contributed by atoms with Crippen LogP contribution in [0.1, 0.15) is 45.2 Å². The zero-order chi connectivity index (χ0) is 27.4. The van der Waals surface area contributed by atoms with Crippen LogP contribution in [-0.2, 0) is 35.2 Å². The van der Waals surface area contributed by atoms with Crippen molar-refractivity contribution in [2.75, 3.05) is 0 Å². The summed E-state index contributed by atoms with van der Waals surface area (Å²) in [5, 5.41) is 34.3. The molecular weight excluding hydrogens is 480 g/mol. The maximum Gasteiger partial charge on any atom is 0.326 e. The monoisotopic (exact) mass is 512 g/mol. The summed E-state index contributed by atoms with van der Waals surface area (Å²) in [6.45, 7) is 3.20. The second kappa shape index (κ2) is 14.4. The normalized spacial score (nSPS) is 14.2. The van der Waals surface area contributed by atoms with E-state index in [0.717, 1.165) is 0 Å². The van der Waals surface area contributed by atoms with Crippen LogP contribution in [0, 0.1) is 5.92 Å². The van der Waals surface area contributed by atoms with Crippen molar-refractivity contribution in [2.45, 2.75) is 70.1 Å². The third kappa shape index (κ3) is 10.5. The molecule has 0 spiro atoms. The molecule has 4 atom stereocenters. The molecule has 0 radical (unpaired) electrons. The smallest absolute Gasteiger partial charge is 0.326 e. The van der Waals surface area contributed by atoms with Crippen LogP contribution in [0.2, 0.25) is 0 Å². The van der Waals surface area contributed by atoms with Gasteiger partial charge in [-0.1, -0.05) is 13.8 Å². The van der Waals surface area contributed by atoms with Gasteiger partial charge >= 0.3 is 17.9 Å². The molecule has 3 amide bonds. The Morgan fingerprint density at radius 1 is 0.889 bits per heavy atom. The highest BCUT2D eigenvalue weighted by Crippen LogP contribution is 2.08. The first kappa shape index (κ1) is 30.0. The predicted octanol–water partition coefficient (Wildman–Crippen LogP) is -1.80. The highest BCUT2D eigenvalue weighted by atomic mass is 16.4. The number of carbonyl (C=O) groups excluding carboxylic acids is 3. The number of imidazole rings is 1. The molecule has 0 saturated heterocycles. The third-order valence-electron chi connectivity index (χ3n) is 5.13. The number of nitrogens with two attached hydrogens (primary N) is 1. The van der Waals surface area contributed by atoms with Crippen LogP contribution in [0.25, 0.3) is 0 Å². The number of rotatable bonds is 16. The van der Waals surface area contributed by atoms with Gasteiger partial charge in [-0.25, -0.2) is 9.78 Å². The second-order valence-corrected chi connectivity index (χ2v) is 8.44. The fourth-order valence-corrected chi connectivity index (χ4v) is 3.09. The quantitative estimate of drug-likeness (QED) is 0.123. The molecule has 1 aromatic rings. The molecule has 36 heavy (non-hydrogen) atoms. The van der Waals surface area contributed by atoms with Crippen LogP contribution in [0.5, 0.6) is 0 Å². The topological polar surface area (TPSA) is 254 Å². The van der Waals surface area contributed by atoms with Crippen LogP contribution < -0.4 is 21.7 Å². The zero-order valence-electron chi connectivity index (χ0n) is 19.9. The lowest BCUT2D eigenvalue weighted by Crippen LogP contribution is -2.58. The number of nitrogens with one attached hydrogen (secondary N) is 4. The molecule has 9 N–H and O–H groups in total. The number of hydrogen-bond acceptors (Lipinski definition) is 8. The maximum absolute atomic E-state index is 12.9. The van der Waals surface area contributed by atoms with Crippen LogP contribution in [-0.4, -0.2) is 85.1 Å². The number of aliphatic carboxylic acids is 3. The van der Waals surface area contributed by atoms with Gasteiger partial charge in [-0.3, -0.25) is 24.0 Å². The summed E-state index contributed by atoms with van der Waals surface area (Å²) in [4.78, 5) is 78.0. The summed E-state index contributed by atoms with van der Waals surface area (Å²) >= 11 is 0. The molecular formula is C21H32N6O9. The molecule has 0 fully saturated rings. The number of amides is 3. The van der Waals surface area contributed by atoms with Crippen LogP contribution in [0.15, 0.2) is 12.5 Å². The van der Waals surface area contributed by atoms with Gasteiger partial charge in [0.2, 0.25) is 17.7 Å². The molecule has 0 aromatic carbocycles. The van der Waals surface area contributed by atoms with E-state index in [2.05, 4.69) is 25.9 Å². The number of carboxylic acid groups (broad SMARTS) is 3. The largest absolute Gasteiger partial charge is 0.481 e. The van der Waals surface area contributed by atoms with Gasteiger partial charge < -0.3 is 42.0 Å². The highest BCUT2D eigenvalue weighted by molar-refractivity contribution is 5.94. The van der Waals surface area contributed by atoms with Crippen LogP contribution in [0.3, 0.4) is 0 Å². The van der Waals surface area contributed by atoms with Crippen LogP contribution in [0.4, 0.5) is 0 Å². The van der Waals surface area contributed by atoms with Crippen molar-refractivity contribution >= 4 is 35.6 Å². The van der Waals surface area contributed by atoms with Crippen molar-refractivity contribution in [1.29, 1.82) is 0 Å². The lowest BCUT2D eigenvalue weighted by Gasteiger charge is -2.27. The highest BCUT2D eigenvalue weighted by Gasteiger charge is 2.32. The second-order valence-electron chi connectivity index (χ2n) is 8.44. The Morgan fingerprint density at radius 3 is 1.97 bits per heavy atom. The minimum Gasteiger partial charge on any atom is -0.481 e. The van der Waals surface area contributed by atoms with Crippen molar-refractivity contribution < 1.29 is 44.1 Å². The standard InChI is InChI=1S/C21H32N6O9/c1-10(2)17(20(34)26-14(21(35)36)7-11-8-23-9-24-11)27-19(33)13(4-6-16(30)31)25-18(32)12(22)3-5-15(28)29/h8-10,12-14,17H,3-7,22H2,1-2H3,(H,23,24)(H,25,32)(H,26,34)(H,27,33)(H,28,29)(H,30,31)(H,35,36). The summed E-state index contributed by atoms with van der Waals surface area (Å²) in [6, 6.07) is -5.19. The molecule has 1 rings (SSSR count). The van der Waals surface area contributed by atoms with Crippen molar-refractivity contribution in [1.82, 2.24) is 25.9 Å². The fourth-order valence-electron chi connectivity index (χ4n) is 3.09. The third-order valence-corrected chi connectivity index (χ3v) is 5.13.